The van der Waals surface area contributed by atoms with Crippen LogP contribution in [0, 0.1) is 0 Å². The number of carboxylic acids is 1. The van der Waals surface area contributed by atoms with Gasteiger partial charge in [0.1, 0.15) is 0 Å². The fourth-order valence-corrected chi connectivity index (χ4v) is 2.75. The predicted octanol–water partition coefficient (Wildman–Crippen LogP) is 1.58. The maximum Gasteiger partial charge on any atom is 0.335 e. The van der Waals surface area contributed by atoms with Crippen LogP contribution in [-0.2, 0) is 22.6 Å². The van der Waals surface area contributed by atoms with E-state index in [0.29, 0.717) is 38.9 Å². The minimum absolute atomic E-state index is 0.0145. The predicted molar refractivity (Wildman–Crippen MR) is 85.1 cm³/mol. The van der Waals surface area contributed by atoms with Gasteiger partial charge in [0.15, 0.2) is 0 Å². The van der Waals surface area contributed by atoms with Crippen molar-refractivity contribution < 1.29 is 19.5 Å². The van der Waals surface area contributed by atoms with E-state index < -0.39 is 5.97 Å². The van der Waals surface area contributed by atoms with Crippen molar-refractivity contribution in [3.05, 3.63) is 34.9 Å². The van der Waals surface area contributed by atoms with E-state index in [-0.39, 0.29) is 17.4 Å². The minimum Gasteiger partial charge on any atom is -0.478 e. The van der Waals surface area contributed by atoms with Crippen molar-refractivity contribution in [3.63, 3.8) is 0 Å². The first-order valence-electron chi connectivity index (χ1n) is 7.90. The van der Waals surface area contributed by atoms with Crippen molar-refractivity contribution in [2.45, 2.75) is 39.2 Å². The molecule has 0 fully saturated rings. The molecule has 1 aliphatic heterocycles. The molecule has 1 aromatic carbocycles. The summed E-state index contributed by atoms with van der Waals surface area (Å²) in [6, 6.07) is 5.08. The lowest BCUT2D eigenvalue weighted by molar-refractivity contribution is -0.132. The molecular weight excluding hydrogens is 296 g/mol. The van der Waals surface area contributed by atoms with Gasteiger partial charge in [0.2, 0.25) is 11.8 Å². The van der Waals surface area contributed by atoms with Crippen LogP contribution in [0.3, 0.4) is 0 Å². The average Bonchev–Trinajstić information content (AvgIpc) is 2.53. The molecular formula is C17H22N2O4. The van der Waals surface area contributed by atoms with E-state index in [4.69, 9.17) is 5.11 Å². The highest BCUT2D eigenvalue weighted by molar-refractivity contribution is 5.88. The summed E-state index contributed by atoms with van der Waals surface area (Å²) in [5, 5.41) is 11.8. The van der Waals surface area contributed by atoms with Gasteiger partial charge < -0.3 is 15.3 Å². The second-order valence-electron chi connectivity index (χ2n) is 5.66. The minimum atomic E-state index is -0.960. The third-order valence-corrected chi connectivity index (χ3v) is 3.99. The number of hydrogen-bond acceptors (Lipinski definition) is 3. The van der Waals surface area contributed by atoms with Crippen LogP contribution >= 0.6 is 0 Å². The normalized spacial score (nSPS) is 13.3. The fourth-order valence-electron chi connectivity index (χ4n) is 2.75. The number of rotatable bonds is 6. The Morgan fingerprint density at radius 3 is 2.70 bits per heavy atom. The summed E-state index contributed by atoms with van der Waals surface area (Å²) in [7, 11) is 0. The van der Waals surface area contributed by atoms with Crippen LogP contribution in [0.5, 0.6) is 0 Å². The lowest BCUT2D eigenvalue weighted by Crippen LogP contribution is -2.36. The van der Waals surface area contributed by atoms with Crippen LogP contribution in [-0.4, -0.2) is 40.9 Å². The number of nitrogens with zero attached hydrogens (tertiary/aromatic N) is 1. The van der Waals surface area contributed by atoms with Gasteiger partial charge in [-0.3, -0.25) is 9.59 Å². The molecule has 124 valence electrons. The van der Waals surface area contributed by atoms with E-state index in [1.165, 1.54) is 0 Å². The summed E-state index contributed by atoms with van der Waals surface area (Å²) in [6.07, 6.45) is 1.96. The number of fused-ring (bicyclic) bond motifs is 1. The molecule has 0 atom stereocenters. The van der Waals surface area contributed by atoms with Gasteiger partial charge in [0.05, 0.1) is 5.56 Å². The van der Waals surface area contributed by atoms with E-state index in [1.54, 1.807) is 17.0 Å². The highest BCUT2D eigenvalue weighted by Gasteiger charge is 2.21. The molecule has 0 bridgehead atoms. The molecule has 0 saturated heterocycles. The van der Waals surface area contributed by atoms with Gasteiger partial charge in [-0.15, -0.1) is 0 Å². The van der Waals surface area contributed by atoms with Crippen LogP contribution in [0.15, 0.2) is 18.2 Å². The summed E-state index contributed by atoms with van der Waals surface area (Å²) in [5.41, 5.74) is 2.24. The Labute approximate surface area is 135 Å². The van der Waals surface area contributed by atoms with E-state index >= 15 is 0 Å². The fraction of sp³-hybridized carbons (Fsp3) is 0.471. The van der Waals surface area contributed by atoms with Gasteiger partial charge in [0.25, 0.3) is 0 Å². The van der Waals surface area contributed by atoms with E-state index in [1.807, 2.05) is 13.0 Å². The van der Waals surface area contributed by atoms with Crippen molar-refractivity contribution in [2.24, 2.45) is 0 Å². The second-order valence-corrected chi connectivity index (χ2v) is 5.66. The molecule has 1 heterocycles. The zero-order valence-corrected chi connectivity index (χ0v) is 13.3. The molecule has 23 heavy (non-hydrogen) atoms. The molecule has 0 aliphatic carbocycles. The number of nitrogens with one attached hydrogen (secondary N) is 1. The Kier molecular flexibility index (Phi) is 5.73. The number of amides is 2. The molecule has 2 rings (SSSR count). The SMILES string of the molecule is CCNC(=O)CCCC(=O)N1CCc2ccc(C(=O)O)cc2C1. The monoisotopic (exact) mass is 318 g/mol. The quantitative estimate of drug-likeness (QED) is 0.833. The van der Waals surface area contributed by atoms with Crippen molar-refractivity contribution in [2.75, 3.05) is 13.1 Å². The maximum absolute atomic E-state index is 12.2. The highest BCUT2D eigenvalue weighted by atomic mass is 16.4. The Hall–Kier alpha value is -2.37. The molecule has 0 radical (unpaired) electrons. The summed E-state index contributed by atoms with van der Waals surface area (Å²) in [6.45, 7) is 3.54. The smallest absolute Gasteiger partial charge is 0.335 e. The largest absolute Gasteiger partial charge is 0.478 e. The van der Waals surface area contributed by atoms with Gasteiger partial charge in [0, 0.05) is 32.5 Å². The number of aromatic carboxylic acids is 1. The molecule has 2 N–H and O–H groups in total. The molecule has 2 amide bonds. The van der Waals surface area contributed by atoms with Gasteiger partial charge in [-0.1, -0.05) is 6.07 Å². The first-order chi connectivity index (χ1) is 11.0. The number of carbonyl (C=O) groups excluding carboxylic acids is 2. The number of carboxylic acid groups (broad SMARTS) is 1. The first-order valence-corrected chi connectivity index (χ1v) is 7.90. The van der Waals surface area contributed by atoms with Crippen LogP contribution in [0.4, 0.5) is 0 Å². The molecule has 1 aromatic rings. The number of hydrogen-bond donors (Lipinski definition) is 2. The summed E-state index contributed by atoms with van der Waals surface area (Å²) in [5.74, 6) is -0.978. The zero-order chi connectivity index (χ0) is 16.8. The summed E-state index contributed by atoms with van der Waals surface area (Å²) >= 11 is 0. The van der Waals surface area contributed by atoms with Gasteiger partial charge in [-0.2, -0.15) is 0 Å². The molecule has 1 aliphatic rings. The van der Waals surface area contributed by atoms with Crippen molar-refractivity contribution in [1.29, 1.82) is 0 Å². The van der Waals surface area contributed by atoms with Crippen molar-refractivity contribution in [3.8, 4) is 0 Å². The highest BCUT2D eigenvalue weighted by Crippen LogP contribution is 2.21. The maximum atomic E-state index is 12.2. The van der Waals surface area contributed by atoms with Gasteiger partial charge in [-0.05, 0) is 43.0 Å². The first kappa shape index (κ1) is 17.0. The van der Waals surface area contributed by atoms with Crippen LogP contribution in [0.2, 0.25) is 0 Å². The molecule has 0 aromatic heterocycles. The molecule has 0 unspecified atom stereocenters. The van der Waals surface area contributed by atoms with E-state index in [0.717, 1.165) is 17.5 Å². The van der Waals surface area contributed by atoms with Crippen molar-refractivity contribution >= 4 is 17.8 Å². The van der Waals surface area contributed by atoms with Gasteiger partial charge in [-0.25, -0.2) is 4.79 Å². The molecule has 6 nitrogen and oxygen atoms in total. The average molecular weight is 318 g/mol. The Morgan fingerprint density at radius 1 is 1.22 bits per heavy atom. The summed E-state index contributed by atoms with van der Waals surface area (Å²) in [4.78, 5) is 36.4. The molecule has 0 spiro atoms. The third-order valence-electron chi connectivity index (χ3n) is 3.99. The van der Waals surface area contributed by atoms with E-state index in [9.17, 15) is 14.4 Å². The third kappa shape index (κ3) is 4.55. The Morgan fingerprint density at radius 2 is 2.00 bits per heavy atom. The Balaban J connectivity index is 1.90. The van der Waals surface area contributed by atoms with Crippen LogP contribution in [0.1, 0.15) is 47.7 Å². The second kappa shape index (κ2) is 7.76. The Bertz CT molecular complexity index is 613. The van der Waals surface area contributed by atoms with E-state index in [2.05, 4.69) is 5.32 Å². The molecule has 6 heteroatoms. The van der Waals surface area contributed by atoms with Gasteiger partial charge >= 0.3 is 5.97 Å². The van der Waals surface area contributed by atoms with Crippen LogP contribution < -0.4 is 5.32 Å². The lowest BCUT2D eigenvalue weighted by Gasteiger charge is -2.29. The number of carbonyl (C=O) groups is 3. The lowest BCUT2D eigenvalue weighted by atomic mass is 9.97. The topological polar surface area (TPSA) is 86.7 Å². The summed E-state index contributed by atoms with van der Waals surface area (Å²) < 4.78 is 0. The molecule has 0 saturated carbocycles. The number of benzene rings is 1. The van der Waals surface area contributed by atoms with Crippen LogP contribution in [0.25, 0.3) is 0 Å². The zero-order valence-electron chi connectivity index (χ0n) is 13.3. The standard InChI is InChI=1S/C17H22N2O4/c1-2-18-15(20)4-3-5-16(21)19-9-8-12-6-7-13(17(22)23)10-14(12)11-19/h6-7,10H,2-5,8-9,11H2,1H3,(H,18,20)(H,22,23). The van der Waals surface area contributed by atoms with Crippen molar-refractivity contribution in [1.82, 2.24) is 10.2 Å².